The molecule has 1 aromatic heterocycles. The average molecular weight is 584 g/mol. The molecule has 0 fully saturated rings. The van der Waals surface area contributed by atoms with E-state index in [2.05, 4.69) is 40.2 Å². The summed E-state index contributed by atoms with van der Waals surface area (Å²) in [6.45, 7) is 0.774. The van der Waals surface area contributed by atoms with Gasteiger partial charge in [0.05, 0.1) is 25.0 Å². The number of phenolic OH excluding ortho intramolecular Hbond substituents is 1. The maximum atomic E-state index is 11.1. The lowest BCUT2D eigenvalue weighted by atomic mass is 9.94. The fraction of sp³-hybridized carbons (Fsp3) is 0.429. The highest BCUT2D eigenvalue weighted by atomic mass is 16.5. The number of phenols is 1. The first-order valence-corrected chi connectivity index (χ1v) is 15.4. The number of aliphatic hydroxyl groups excluding tert-OH is 2. The number of aryl methyl sites for hydroxylation is 1. The predicted octanol–water partition coefficient (Wildman–Crippen LogP) is 4.57. The Labute approximate surface area is 252 Å². The molecule has 0 aliphatic carbocycles. The van der Waals surface area contributed by atoms with Gasteiger partial charge in [0, 0.05) is 46.8 Å². The Morgan fingerprint density at radius 1 is 1.09 bits per heavy atom. The summed E-state index contributed by atoms with van der Waals surface area (Å²) in [5.74, 6) is 8.44. The number of nitrogens with zero attached hydrogens (tertiary/aromatic N) is 1. The van der Waals surface area contributed by atoms with Gasteiger partial charge < -0.3 is 40.4 Å². The van der Waals surface area contributed by atoms with Crippen LogP contribution in [0.3, 0.4) is 0 Å². The Kier molecular flexibility index (Phi) is 9.06. The molecule has 0 radical (unpaired) electrons. The number of fused-ring (bicyclic) bond motifs is 6. The fourth-order valence-corrected chi connectivity index (χ4v) is 6.28. The molecule has 226 valence electrons. The Morgan fingerprint density at radius 3 is 2.88 bits per heavy atom. The van der Waals surface area contributed by atoms with E-state index < -0.39 is 12.3 Å². The highest BCUT2D eigenvalue weighted by molar-refractivity contribution is 5.87. The van der Waals surface area contributed by atoms with Crippen molar-refractivity contribution in [3.05, 3.63) is 77.1 Å². The molecule has 4 unspecified atom stereocenters. The molecule has 4 heterocycles. The molecule has 6 bridgehead atoms. The van der Waals surface area contributed by atoms with Crippen LogP contribution in [0.2, 0.25) is 0 Å². The van der Waals surface area contributed by atoms with Gasteiger partial charge in [0.15, 0.2) is 11.5 Å². The normalized spacial score (nSPS) is 24.6. The molecule has 3 aliphatic rings. The number of rotatable bonds is 3. The summed E-state index contributed by atoms with van der Waals surface area (Å²) in [7, 11) is 0. The van der Waals surface area contributed by atoms with E-state index in [-0.39, 0.29) is 31.0 Å². The van der Waals surface area contributed by atoms with Crippen molar-refractivity contribution in [3.63, 3.8) is 0 Å². The molecule has 4 atom stereocenters. The van der Waals surface area contributed by atoms with Gasteiger partial charge in [-0.1, -0.05) is 36.1 Å². The molecule has 43 heavy (non-hydrogen) atoms. The van der Waals surface area contributed by atoms with Gasteiger partial charge >= 0.3 is 0 Å². The maximum Gasteiger partial charge on any atom is 0.161 e. The maximum absolute atomic E-state index is 11.1. The van der Waals surface area contributed by atoms with Gasteiger partial charge in [0.25, 0.3) is 0 Å². The Hall–Kier alpha value is -3.74. The van der Waals surface area contributed by atoms with Crippen LogP contribution in [0.5, 0.6) is 11.5 Å². The first kappa shape index (κ1) is 29.3. The van der Waals surface area contributed by atoms with E-state index in [0.29, 0.717) is 38.0 Å². The Morgan fingerprint density at radius 2 is 2.00 bits per heavy atom. The third-order valence-corrected chi connectivity index (χ3v) is 8.67. The van der Waals surface area contributed by atoms with Crippen molar-refractivity contribution in [2.45, 2.75) is 76.3 Å². The number of aromatic hydroxyl groups is 1. The van der Waals surface area contributed by atoms with Gasteiger partial charge in [-0.2, -0.15) is 0 Å². The lowest BCUT2D eigenvalue weighted by Gasteiger charge is -2.28. The zero-order valence-corrected chi connectivity index (χ0v) is 24.5. The third-order valence-electron chi connectivity index (χ3n) is 8.67. The SMILES string of the molecule is NC1C=C2C#CC(CCCO)CCCC3CC(O)CCc4ccc(O)c(c4)OCc4cccc5cn(cc45)C(=C2CO3)N1. The van der Waals surface area contributed by atoms with Gasteiger partial charge in [-0.3, -0.25) is 0 Å². The summed E-state index contributed by atoms with van der Waals surface area (Å²) in [5, 5.41) is 36.6. The molecule has 0 spiro atoms. The quantitative estimate of drug-likeness (QED) is 0.287. The second-order valence-corrected chi connectivity index (χ2v) is 11.9. The zero-order valence-electron chi connectivity index (χ0n) is 24.5. The summed E-state index contributed by atoms with van der Waals surface area (Å²) in [4.78, 5) is 0. The van der Waals surface area contributed by atoms with Crippen molar-refractivity contribution in [2.75, 3.05) is 13.2 Å². The van der Waals surface area contributed by atoms with Crippen molar-refractivity contribution in [1.29, 1.82) is 0 Å². The topological polar surface area (TPSA) is 122 Å². The van der Waals surface area contributed by atoms with Crippen LogP contribution < -0.4 is 15.8 Å². The first-order chi connectivity index (χ1) is 21.0. The van der Waals surface area contributed by atoms with Gasteiger partial charge in [0.1, 0.15) is 12.4 Å². The molecule has 0 amide bonds. The minimum Gasteiger partial charge on any atom is -0.504 e. The van der Waals surface area contributed by atoms with Crippen LogP contribution in [0, 0.1) is 17.8 Å². The van der Waals surface area contributed by atoms with Crippen molar-refractivity contribution in [1.82, 2.24) is 9.88 Å². The minimum absolute atomic E-state index is 0.0929. The molecular weight excluding hydrogens is 542 g/mol. The molecule has 0 saturated heterocycles. The fourth-order valence-electron chi connectivity index (χ4n) is 6.28. The van der Waals surface area contributed by atoms with E-state index in [1.165, 1.54) is 0 Å². The summed E-state index contributed by atoms with van der Waals surface area (Å²) in [5.41, 5.74) is 10.3. The molecule has 8 nitrogen and oxygen atoms in total. The van der Waals surface area contributed by atoms with E-state index in [1.807, 2.05) is 30.3 Å². The standard InChI is InChI=1S/C35H41N3O5/c36-34-17-25-12-9-23(5-3-15-39)4-1-8-29-18-28(40)13-10-24-11-14-32(41)33(16-24)43-21-27-7-2-6-26-19-38(20-30(26)27)35(37-34)31(25)22-42-29/h2,6-7,11,14,16-17,19-20,23,28-29,34,37,39-41H,1,3-5,8,10,13,15,18,21-22,36H2. The third kappa shape index (κ3) is 6.92. The van der Waals surface area contributed by atoms with Crippen LogP contribution >= 0.6 is 0 Å². The van der Waals surface area contributed by atoms with E-state index in [1.54, 1.807) is 6.07 Å². The lowest BCUT2D eigenvalue weighted by Crippen LogP contribution is -2.40. The van der Waals surface area contributed by atoms with Crippen LogP contribution in [0.4, 0.5) is 0 Å². The number of dihydropyridines is 1. The van der Waals surface area contributed by atoms with Crippen LogP contribution in [-0.2, 0) is 17.8 Å². The number of benzene rings is 2. The van der Waals surface area contributed by atoms with Crippen LogP contribution in [0.25, 0.3) is 16.6 Å². The highest BCUT2D eigenvalue weighted by Gasteiger charge is 2.25. The lowest BCUT2D eigenvalue weighted by molar-refractivity contribution is 0.0167. The van der Waals surface area contributed by atoms with Crippen LogP contribution in [0.15, 0.2) is 66.0 Å². The zero-order chi connectivity index (χ0) is 29.8. The van der Waals surface area contributed by atoms with Gasteiger partial charge in [0.2, 0.25) is 0 Å². The van der Waals surface area contributed by atoms with Crippen molar-refractivity contribution >= 4 is 16.6 Å². The van der Waals surface area contributed by atoms with Gasteiger partial charge in [-0.15, -0.1) is 0 Å². The van der Waals surface area contributed by atoms with E-state index in [9.17, 15) is 15.3 Å². The largest absolute Gasteiger partial charge is 0.504 e. The number of hydrogen-bond donors (Lipinski definition) is 5. The Balaban J connectivity index is 1.45. The van der Waals surface area contributed by atoms with E-state index in [4.69, 9.17) is 15.2 Å². The average Bonchev–Trinajstić information content (AvgIpc) is 3.43. The molecule has 0 saturated carbocycles. The van der Waals surface area contributed by atoms with Crippen LogP contribution in [-0.4, -0.2) is 51.5 Å². The number of nitrogens with one attached hydrogen (secondary N) is 1. The molecule has 8 heteroatoms. The summed E-state index contributed by atoms with van der Waals surface area (Å²) >= 11 is 0. The van der Waals surface area contributed by atoms with Crippen molar-refractivity contribution in [2.24, 2.45) is 11.7 Å². The molecule has 6 N–H and O–H groups in total. The molecule has 3 aromatic rings. The molecular formula is C35H41N3O5. The molecule has 6 rings (SSSR count). The first-order valence-electron chi connectivity index (χ1n) is 15.4. The number of ether oxygens (including phenoxy) is 2. The smallest absolute Gasteiger partial charge is 0.161 e. The predicted molar refractivity (Wildman–Crippen MR) is 167 cm³/mol. The van der Waals surface area contributed by atoms with Crippen LogP contribution in [0.1, 0.15) is 56.1 Å². The number of hydrogen-bond acceptors (Lipinski definition) is 7. The summed E-state index contributed by atoms with van der Waals surface area (Å²) in [6.07, 6.45) is 11.0. The second kappa shape index (κ2) is 13.3. The summed E-state index contributed by atoms with van der Waals surface area (Å²) in [6, 6.07) is 11.5. The van der Waals surface area contributed by atoms with Gasteiger partial charge in [-0.05, 0) is 80.7 Å². The molecule has 2 aromatic carbocycles. The minimum atomic E-state index is -0.542. The summed E-state index contributed by atoms with van der Waals surface area (Å²) < 4.78 is 14.8. The Bertz CT molecular complexity index is 1580. The van der Waals surface area contributed by atoms with Crippen molar-refractivity contribution in [3.8, 4) is 23.3 Å². The number of aromatic nitrogens is 1. The highest BCUT2D eigenvalue weighted by Crippen LogP contribution is 2.32. The molecule has 3 aliphatic heterocycles. The number of aliphatic hydroxyl groups is 2. The number of nitrogens with two attached hydrogens (primary N) is 1. The monoisotopic (exact) mass is 583 g/mol. The van der Waals surface area contributed by atoms with E-state index in [0.717, 1.165) is 64.5 Å². The van der Waals surface area contributed by atoms with Gasteiger partial charge in [-0.25, -0.2) is 0 Å². The van der Waals surface area contributed by atoms with E-state index >= 15 is 0 Å². The second-order valence-electron chi connectivity index (χ2n) is 11.9. The van der Waals surface area contributed by atoms with Crippen molar-refractivity contribution < 1.29 is 24.8 Å².